The minimum absolute atomic E-state index is 0.687. The fraction of sp³-hybridized carbons (Fsp3) is 0.0714. The molecule has 3 rings (SSSR count). The normalized spacial score (nSPS) is 10.8. The minimum atomic E-state index is 0.687. The van der Waals surface area contributed by atoms with E-state index in [1.165, 1.54) is 5.56 Å². The van der Waals surface area contributed by atoms with Crippen molar-refractivity contribution >= 4 is 54.5 Å². The maximum Gasteiger partial charge on any atom is 0.106 e. The summed E-state index contributed by atoms with van der Waals surface area (Å²) in [5.41, 5.74) is 12.6. The number of thiazole rings is 1. The molecule has 0 fully saturated rings. The molecule has 0 aliphatic carbocycles. The highest BCUT2D eigenvalue weighted by Gasteiger charge is 2.09. The lowest BCUT2D eigenvalue weighted by atomic mass is 10.2. The zero-order chi connectivity index (χ0) is 13.4. The summed E-state index contributed by atoms with van der Waals surface area (Å²) < 4.78 is 2.15. The van der Waals surface area contributed by atoms with E-state index in [1.807, 2.05) is 29.8 Å². The molecular formula is C14H12BrN3S. The van der Waals surface area contributed by atoms with E-state index in [0.29, 0.717) is 5.69 Å². The number of rotatable bonds is 2. The van der Waals surface area contributed by atoms with Gasteiger partial charge in [-0.3, -0.25) is 0 Å². The van der Waals surface area contributed by atoms with Crippen LogP contribution in [0.3, 0.4) is 0 Å². The zero-order valence-corrected chi connectivity index (χ0v) is 12.7. The van der Waals surface area contributed by atoms with Gasteiger partial charge < -0.3 is 11.1 Å². The standard InChI is InChI=1S/C14H12BrN3S/c1-8-3-2-4-9(12(8)15)18-10-5-6-11-14(13(10)16)17-7-19-11/h2-7,18H,16H2,1H3. The summed E-state index contributed by atoms with van der Waals surface area (Å²) in [6.07, 6.45) is 0. The van der Waals surface area contributed by atoms with Crippen LogP contribution in [0.15, 0.2) is 40.3 Å². The molecule has 0 amide bonds. The van der Waals surface area contributed by atoms with Gasteiger partial charge in [-0.1, -0.05) is 12.1 Å². The van der Waals surface area contributed by atoms with Crippen LogP contribution >= 0.6 is 27.3 Å². The van der Waals surface area contributed by atoms with Crippen LogP contribution < -0.4 is 11.1 Å². The van der Waals surface area contributed by atoms with Gasteiger partial charge in [0.25, 0.3) is 0 Å². The van der Waals surface area contributed by atoms with Crippen molar-refractivity contribution in [3.63, 3.8) is 0 Å². The van der Waals surface area contributed by atoms with Crippen molar-refractivity contribution in [3.05, 3.63) is 45.9 Å². The number of nitrogen functional groups attached to an aromatic ring is 1. The first-order valence-electron chi connectivity index (χ1n) is 5.80. The Morgan fingerprint density at radius 2 is 2.05 bits per heavy atom. The third kappa shape index (κ3) is 2.19. The lowest BCUT2D eigenvalue weighted by Gasteiger charge is -2.12. The first kappa shape index (κ1) is 12.4. The van der Waals surface area contributed by atoms with Gasteiger partial charge in [-0.25, -0.2) is 4.98 Å². The molecule has 96 valence electrons. The van der Waals surface area contributed by atoms with Crippen molar-refractivity contribution in [1.82, 2.24) is 4.98 Å². The number of aryl methyl sites for hydroxylation is 1. The Bertz CT molecular complexity index is 752. The Balaban J connectivity index is 2.05. The van der Waals surface area contributed by atoms with E-state index in [4.69, 9.17) is 5.73 Å². The number of hydrogen-bond donors (Lipinski definition) is 2. The largest absolute Gasteiger partial charge is 0.395 e. The molecule has 5 heteroatoms. The predicted molar refractivity (Wildman–Crippen MR) is 86.2 cm³/mol. The van der Waals surface area contributed by atoms with Crippen molar-refractivity contribution in [1.29, 1.82) is 0 Å². The highest BCUT2D eigenvalue weighted by Crippen LogP contribution is 2.34. The molecule has 0 spiro atoms. The molecule has 2 aromatic carbocycles. The summed E-state index contributed by atoms with van der Waals surface area (Å²) in [6, 6.07) is 10.1. The van der Waals surface area contributed by atoms with E-state index in [-0.39, 0.29) is 0 Å². The molecule has 1 heterocycles. The molecule has 0 unspecified atom stereocenters. The van der Waals surface area contributed by atoms with Gasteiger partial charge in [0.05, 0.1) is 27.3 Å². The fourth-order valence-electron chi connectivity index (χ4n) is 1.95. The number of anilines is 3. The number of nitrogens with one attached hydrogen (secondary N) is 1. The molecule has 0 radical (unpaired) electrons. The van der Waals surface area contributed by atoms with Crippen LogP contribution in [0.1, 0.15) is 5.56 Å². The second-order valence-electron chi connectivity index (χ2n) is 4.29. The number of fused-ring (bicyclic) bond motifs is 1. The van der Waals surface area contributed by atoms with Crippen LogP contribution in [-0.2, 0) is 0 Å². The zero-order valence-electron chi connectivity index (χ0n) is 10.3. The van der Waals surface area contributed by atoms with E-state index in [2.05, 4.69) is 39.2 Å². The van der Waals surface area contributed by atoms with Crippen LogP contribution in [0, 0.1) is 6.92 Å². The second-order valence-corrected chi connectivity index (χ2v) is 5.97. The first-order valence-corrected chi connectivity index (χ1v) is 7.48. The number of nitrogens with two attached hydrogens (primary N) is 1. The molecule has 0 bridgehead atoms. The molecule has 19 heavy (non-hydrogen) atoms. The Morgan fingerprint density at radius 3 is 2.89 bits per heavy atom. The summed E-state index contributed by atoms with van der Waals surface area (Å²) in [5.74, 6) is 0. The lowest BCUT2D eigenvalue weighted by molar-refractivity contribution is 1.41. The molecular weight excluding hydrogens is 322 g/mol. The third-order valence-corrected chi connectivity index (χ3v) is 4.85. The van der Waals surface area contributed by atoms with Crippen molar-refractivity contribution in [2.45, 2.75) is 6.92 Å². The SMILES string of the molecule is Cc1cccc(Nc2ccc3scnc3c2N)c1Br. The summed E-state index contributed by atoms with van der Waals surface area (Å²) in [4.78, 5) is 4.30. The van der Waals surface area contributed by atoms with Gasteiger partial charge in [0, 0.05) is 4.47 Å². The molecule has 3 aromatic rings. The number of halogens is 1. The molecule has 3 nitrogen and oxygen atoms in total. The molecule has 0 saturated heterocycles. The molecule has 0 atom stereocenters. The van der Waals surface area contributed by atoms with E-state index in [9.17, 15) is 0 Å². The molecule has 1 aromatic heterocycles. The first-order chi connectivity index (χ1) is 9.16. The van der Waals surface area contributed by atoms with Crippen LogP contribution in [-0.4, -0.2) is 4.98 Å². The summed E-state index contributed by atoms with van der Waals surface area (Å²) >= 11 is 5.18. The smallest absolute Gasteiger partial charge is 0.106 e. The Kier molecular flexibility index (Phi) is 3.16. The van der Waals surface area contributed by atoms with Crippen LogP contribution in [0.25, 0.3) is 10.2 Å². The van der Waals surface area contributed by atoms with E-state index < -0.39 is 0 Å². The number of nitrogens with zero attached hydrogens (tertiary/aromatic N) is 1. The van der Waals surface area contributed by atoms with Gasteiger partial charge in [0.15, 0.2) is 0 Å². The van der Waals surface area contributed by atoms with Gasteiger partial charge in [-0.05, 0) is 46.6 Å². The topological polar surface area (TPSA) is 50.9 Å². The fourth-order valence-corrected chi connectivity index (χ4v) is 3.01. The number of hydrogen-bond acceptors (Lipinski definition) is 4. The van der Waals surface area contributed by atoms with Crippen molar-refractivity contribution in [3.8, 4) is 0 Å². The molecule has 3 N–H and O–H groups in total. The Labute approximate surface area is 123 Å². The average molecular weight is 334 g/mol. The Morgan fingerprint density at radius 1 is 1.21 bits per heavy atom. The van der Waals surface area contributed by atoms with Gasteiger partial charge in [0.2, 0.25) is 0 Å². The molecule has 0 aliphatic heterocycles. The summed E-state index contributed by atoms with van der Waals surface area (Å²) in [6.45, 7) is 2.06. The summed E-state index contributed by atoms with van der Waals surface area (Å²) in [5, 5.41) is 3.36. The Hall–Kier alpha value is -1.59. The third-order valence-electron chi connectivity index (χ3n) is 3.00. The highest BCUT2D eigenvalue weighted by molar-refractivity contribution is 9.10. The number of benzene rings is 2. The highest BCUT2D eigenvalue weighted by atomic mass is 79.9. The van der Waals surface area contributed by atoms with E-state index >= 15 is 0 Å². The van der Waals surface area contributed by atoms with E-state index in [0.717, 1.165) is 26.1 Å². The van der Waals surface area contributed by atoms with Crippen LogP contribution in [0.5, 0.6) is 0 Å². The number of aromatic nitrogens is 1. The van der Waals surface area contributed by atoms with Crippen LogP contribution in [0.2, 0.25) is 0 Å². The lowest BCUT2D eigenvalue weighted by Crippen LogP contribution is -1.98. The van der Waals surface area contributed by atoms with Gasteiger partial charge >= 0.3 is 0 Å². The van der Waals surface area contributed by atoms with Gasteiger partial charge in [-0.2, -0.15) is 0 Å². The molecule has 0 saturated carbocycles. The van der Waals surface area contributed by atoms with Crippen molar-refractivity contribution < 1.29 is 0 Å². The van der Waals surface area contributed by atoms with Gasteiger partial charge in [-0.15, -0.1) is 11.3 Å². The molecule has 0 aliphatic rings. The quantitative estimate of drug-likeness (QED) is 0.668. The van der Waals surface area contributed by atoms with Gasteiger partial charge in [0.1, 0.15) is 5.52 Å². The minimum Gasteiger partial charge on any atom is -0.395 e. The second kappa shape index (κ2) is 4.83. The van der Waals surface area contributed by atoms with Crippen LogP contribution in [0.4, 0.5) is 17.1 Å². The van der Waals surface area contributed by atoms with E-state index in [1.54, 1.807) is 11.3 Å². The predicted octanol–water partition coefficient (Wildman–Crippen LogP) is 4.69. The van der Waals surface area contributed by atoms with Crippen molar-refractivity contribution in [2.24, 2.45) is 0 Å². The summed E-state index contributed by atoms with van der Waals surface area (Å²) in [7, 11) is 0. The van der Waals surface area contributed by atoms with Crippen molar-refractivity contribution in [2.75, 3.05) is 11.1 Å². The average Bonchev–Trinajstić information content (AvgIpc) is 2.87. The maximum absolute atomic E-state index is 6.17. The maximum atomic E-state index is 6.17. The monoisotopic (exact) mass is 333 g/mol.